The van der Waals surface area contributed by atoms with Crippen LogP contribution in [-0.4, -0.2) is 61.4 Å². The molecule has 4 aromatic rings. The van der Waals surface area contributed by atoms with Crippen molar-refractivity contribution in [2.45, 2.75) is 6.54 Å². The number of carbonyl (C=O) groups excluding carboxylic acids is 1. The van der Waals surface area contributed by atoms with E-state index >= 15 is 0 Å². The molecule has 0 aliphatic carbocycles. The average Bonchev–Trinajstić information content (AvgIpc) is 2.98. The van der Waals surface area contributed by atoms with E-state index in [-0.39, 0.29) is 11.0 Å². The van der Waals surface area contributed by atoms with Gasteiger partial charge in [-0.3, -0.25) is 20.0 Å². The van der Waals surface area contributed by atoms with Gasteiger partial charge in [0.25, 0.3) is 5.91 Å². The minimum Gasteiger partial charge on any atom is -0.493 e. The van der Waals surface area contributed by atoms with Crippen LogP contribution in [0.4, 0.5) is 5.69 Å². The molecule has 2 N–H and O–H groups in total. The number of rotatable bonds is 8. The van der Waals surface area contributed by atoms with Crippen molar-refractivity contribution < 1.29 is 23.7 Å². The number of ether oxygens (including phenoxy) is 4. The Morgan fingerprint density at radius 2 is 1.65 bits per heavy atom. The molecule has 5 rings (SSSR count). The molecule has 3 aromatic carbocycles. The van der Waals surface area contributed by atoms with Crippen molar-refractivity contribution in [1.82, 2.24) is 15.2 Å². The summed E-state index contributed by atoms with van der Waals surface area (Å²) in [6, 6.07) is 20.3. The minimum atomic E-state index is -0.271. The van der Waals surface area contributed by atoms with Crippen LogP contribution in [0.5, 0.6) is 23.0 Å². The highest BCUT2D eigenvalue weighted by molar-refractivity contribution is 7.80. The van der Waals surface area contributed by atoms with Gasteiger partial charge in [-0.1, -0.05) is 12.1 Å². The summed E-state index contributed by atoms with van der Waals surface area (Å²) in [4.78, 5) is 19.4. The summed E-state index contributed by atoms with van der Waals surface area (Å²) < 4.78 is 22.3. The number of hydrogen-bond donors (Lipinski definition) is 2. The van der Waals surface area contributed by atoms with Crippen molar-refractivity contribution in [3.63, 3.8) is 0 Å². The van der Waals surface area contributed by atoms with Crippen LogP contribution in [0.15, 0.2) is 72.9 Å². The maximum atomic E-state index is 12.7. The zero-order chi connectivity index (χ0) is 27.9. The molecule has 1 aromatic heterocycles. The number of nitrogens with zero attached hydrogens (tertiary/aromatic N) is 2. The standard InChI is InChI=1S/C30H30N4O5S/c1-36-27-17-24-25(18-28(27)37-2)31-12-11-26(24)39-23-9-7-22(8-10-23)32-30(40)33-29(35)21-5-3-20(4-6-21)19-34-13-15-38-16-14-34/h3-12,17-18H,13-16,19H2,1-2H3,(H2,32,33,35,40). The van der Waals surface area contributed by atoms with Crippen LogP contribution in [-0.2, 0) is 11.3 Å². The highest BCUT2D eigenvalue weighted by Crippen LogP contribution is 2.37. The van der Waals surface area contributed by atoms with Gasteiger partial charge < -0.3 is 24.3 Å². The molecule has 40 heavy (non-hydrogen) atoms. The van der Waals surface area contributed by atoms with Crippen molar-refractivity contribution in [3.8, 4) is 23.0 Å². The summed E-state index contributed by atoms with van der Waals surface area (Å²) in [6.07, 6.45) is 1.68. The molecule has 0 bridgehead atoms. The normalized spacial score (nSPS) is 13.4. The van der Waals surface area contributed by atoms with Gasteiger partial charge >= 0.3 is 0 Å². The predicted molar refractivity (Wildman–Crippen MR) is 158 cm³/mol. The van der Waals surface area contributed by atoms with Gasteiger partial charge in [0.05, 0.1) is 33.0 Å². The summed E-state index contributed by atoms with van der Waals surface area (Å²) in [7, 11) is 3.17. The van der Waals surface area contributed by atoms with Crippen LogP contribution < -0.4 is 24.8 Å². The highest BCUT2D eigenvalue weighted by Gasteiger charge is 2.13. The molecule has 1 fully saturated rings. The van der Waals surface area contributed by atoms with Gasteiger partial charge in [-0.25, -0.2) is 0 Å². The van der Waals surface area contributed by atoms with Gasteiger partial charge in [-0.15, -0.1) is 0 Å². The number of hydrogen-bond acceptors (Lipinski definition) is 8. The van der Waals surface area contributed by atoms with Crippen LogP contribution >= 0.6 is 12.2 Å². The van der Waals surface area contributed by atoms with Gasteiger partial charge in [-0.05, 0) is 66.3 Å². The molecule has 0 radical (unpaired) electrons. The number of methoxy groups -OCH3 is 2. The van der Waals surface area contributed by atoms with E-state index < -0.39 is 0 Å². The van der Waals surface area contributed by atoms with Gasteiger partial charge in [0.2, 0.25) is 0 Å². The molecule has 9 nitrogen and oxygen atoms in total. The Morgan fingerprint density at radius 1 is 0.950 bits per heavy atom. The molecular weight excluding hydrogens is 528 g/mol. The molecule has 206 valence electrons. The van der Waals surface area contributed by atoms with E-state index in [0.717, 1.165) is 49.3 Å². The van der Waals surface area contributed by atoms with Crippen molar-refractivity contribution in [1.29, 1.82) is 0 Å². The fraction of sp³-hybridized carbons (Fsp3) is 0.233. The SMILES string of the molecule is COc1cc2nccc(Oc3ccc(NC(=S)NC(=O)c4ccc(CN5CCOCC5)cc4)cc3)c2cc1OC. The Bertz CT molecular complexity index is 1490. The topological polar surface area (TPSA) is 94.2 Å². The number of benzene rings is 3. The van der Waals surface area contributed by atoms with Crippen molar-refractivity contribution >= 4 is 39.8 Å². The summed E-state index contributed by atoms with van der Waals surface area (Å²) >= 11 is 5.36. The first-order chi connectivity index (χ1) is 19.5. The Labute approximate surface area is 238 Å². The number of carbonyl (C=O) groups is 1. The smallest absolute Gasteiger partial charge is 0.257 e. The molecule has 1 amide bonds. The Balaban J connectivity index is 1.17. The number of amides is 1. The third-order valence-electron chi connectivity index (χ3n) is 6.50. The number of aromatic nitrogens is 1. The molecule has 1 aliphatic heterocycles. The van der Waals surface area contributed by atoms with E-state index in [4.69, 9.17) is 31.2 Å². The first-order valence-electron chi connectivity index (χ1n) is 12.8. The van der Waals surface area contributed by atoms with E-state index in [2.05, 4.69) is 20.5 Å². The lowest BCUT2D eigenvalue weighted by atomic mass is 10.1. The van der Waals surface area contributed by atoms with E-state index in [9.17, 15) is 4.79 Å². The molecule has 0 unspecified atom stereocenters. The van der Waals surface area contributed by atoms with Crippen LogP contribution in [0, 0.1) is 0 Å². The zero-order valence-corrected chi connectivity index (χ0v) is 23.1. The monoisotopic (exact) mass is 558 g/mol. The second-order valence-corrected chi connectivity index (χ2v) is 9.56. The fourth-order valence-corrected chi connectivity index (χ4v) is 4.60. The first-order valence-corrected chi connectivity index (χ1v) is 13.2. The van der Waals surface area contributed by atoms with Gasteiger partial charge in [0.15, 0.2) is 16.6 Å². The zero-order valence-electron chi connectivity index (χ0n) is 22.3. The lowest BCUT2D eigenvalue weighted by molar-refractivity contribution is 0.0342. The number of fused-ring (bicyclic) bond motifs is 1. The van der Waals surface area contributed by atoms with Gasteiger partial charge in [-0.2, -0.15) is 0 Å². The predicted octanol–water partition coefficient (Wildman–Crippen LogP) is 5.00. The Morgan fingerprint density at radius 3 is 2.35 bits per heavy atom. The number of anilines is 1. The van der Waals surface area contributed by atoms with Crippen molar-refractivity contribution in [3.05, 3.63) is 84.1 Å². The minimum absolute atomic E-state index is 0.206. The molecule has 2 heterocycles. The molecule has 0 spiro atoms. The maximum absolute atomic E-state index is 12.7. The van der Waals surface area contributed by atoms with Crippen LogP contribution in [0.2, 0.25) is 0 Å². The number of thiocarbonyl (C=S) groups is 1. The maximum Gasteiger partial charge on any atom is 0.257 e. The summed E-state index contributed by atoms with van der Waals surface area (Å²) in [5.41, 5.74) is 3.13. The lowest BCUT2D eigenvalue weighted by Gasteiger charge is -2.26. The van der Waals surface area contributed by atoms with Crippen LogP contribution in [0.3, 0.4) is 0 Å². The average molecular weight is 559 g/mol. The van der Waals surface area contributed by atoms with Gasteiger partial charge in [0.1, 0.15) is 11.5 Å². The molecule has 1 aliphatic rings. The third-order valence-corrected chi connectivity index (χ3v) is 6.70. The summed E-state index contributed by atoms with van der Waals surface area (Å²) in [5.74, 6) is 2.17. The van der Waals surface area contributed by atoms with E-state index in [1.165, 1.54) is 0 Å². The third kappa shape index (κ3) is 6.66. The second-order valence-electron chi connectivity index (χ2n) is 9.15. The van der Waals surface area contributed by atoms with Crippen LogP contribution in [0.25, 0.3) is 10.9 Å². The summed E-state index contributed by atoms with van der Waals surface area (Å²) in [6.45, 7) is 4.19. The van der Waals surface area contributed by atoms with E-state index in [0.29, 0.717) is 34.2 Å². The Hall–Kier alpha value is -4.25. The Kier molecular flexibility index (Phi) is 8.70. The largest absolute Gasteiger partial charge is 0.493 e. The molecule has 0 atom stereocenters. The fourth-order valence-electron chi connectivity index (χ4n) is 4.39. The lowest BCUT2D eigenvalue weighted by Crippen LogP contribution is -2.35. The first kappa shape index (κ1) is 27.3. The van der Waals surface area contributed by atoms with Crippen molar-refractivity contribution in [2.24, 2.45) is 0 Å². The van der Waals surface area contributed by atoms with Crippen LogP contribution in [0.1, 0.15) is 15.9 Å². The number of nitrogens with one attached hydrogen (secondary N) is 2. The van der Waals surface area contributed by atoms with E-state index in [1.54, 1.807) is 26.5 Å². The van der Waals surface area contributed by atoms with Crippen molar-refractivity contribution in [2.75, 3.05) is 45.8 Å². The molecule has 10 heteroatoms. The van der Waals surface area contributed by atoms with Gasteiger partial charge in [0, 0.05) is 48.5 Å². The molecule has 1 saturated heterocycles. The highest BCUT2D eigenvalue weighted by atomic mass is 32.1. The number of pyridine rings is 1. The second kappa shape index (κ2) is 12.7. The number of morpholine rings is 1. The molecular formula is C30H30N4O5S. The molecule has 0 saturated carbocycles. The summed E-state index contributed by atoms with van der Waals surface area (Å²) in [5, 5.41) is 6.77. The van der Waals surface area contributed by atoms with E-state index in [1.807, 2.05) is 60.7 Å². The quantitative estimate of drug-likeness (QED) is 0.290.